The fourth-order valence-electron chi connectivity index (χ4n) is 2.17. The highest BCUT2D eigenvalue weighted by Gasteiger charge is 2.31. The Morgan fingerprint density at radius 2 is 2.27 bits per heavy atom. The lowest BCUT2D eigenvalue weighted by molar-refractivity contribution is -0.848. The van der Waals surface area contributed by atoms with Crippen molar-refractivity contribution in [1.29, 1.82) is 0 Å². The maximum Gasteiger partial charge on any atom is 0.145 e. The third-order valence-corrected chi connectivity index (χ3v) is 3.27. The van der Waals surface area contributed by atoms with Gasteiger partial charge >= 0.3 is 0 Å². The van der Waals surface area contributed by atoms with Crippen LogP contribution in [-0.4, -0.2) is 24.8 Å². The molecule has 1 saturated heterocycles. The summed E-state index contributed by atoms with van der Waals surface area (Å²) in [7, 11) is 1.63. The Kier molecular flexibility index (Phi) is 2.71. The molecule has 0 saturated carbocycles. The van der Waals surface area contributed by atoms with Crippen LogP contribution in [0.2, 0.25) is 5.02 Å². The summed E-state index contributed by atoms with van der Waals surface area (Å²) in [6, 6.07) is 4.98. The van der Waals surface area contributed by atoms with E-state index in [1.165, 1.54) is 6.07 Å². The molecule has 0 spiro atoms. The average Bonchev–Trinajstić information content (AvgIpc) is 2.51. The molecule has 1 aliphatic heterocycles. The van der Waals surface area contributed by atoms with Gasteiger partial charge in [0.1, 0.15) is 5.82 Å². The van der Waals surface area contributed by atoms with Crippen molar-refractivity contribution in [3.63, 3.8) is 0 Å². The highest BCUT2D eigenvalue weighted by atomic mass is 35.5. The molecule has 15 heavy (non-hydrogen) atoms. The van der Waals surface area contributed by atoms with Crippen molar-refractivity contribution >= 4 is 11.6 Å². The maximum absolute atomic E-state index is 13.7. The zero-order chi connectivity index (χ0) is 11.1. The van der Waals surface area contributed by atoms with E-state index in [-0.39, 0.29) is 21.4 Å². The molecule has 1 aromatic rings. The van der Waals surface area contributed by atoms with Gasteiger partial charge in [-0.25, -0.2) is 4.39 Å². The number of hydrogen-bond donors (Lipinski definition) is 0. The summed E-state index contributed by atoms with van der Waals surface area (Å²) in [6.07, 6.45) is 0.733. The summed E-state index contributed by atoms with van der Waals surface area (Å²) in [6.45, 7) is 0.994. The number of hydroxylamine groups is 3. The van der Waals surface area contributed by atoms with Gasteiger partial charge in [0.15, 0.2) is 0 Å². The largest absolute Gasteiger partial charge is 0.633 e. The molecule has 2 unspecified atom stereocenters. The van der Waals surface area contributed by atoms with E-state index in [0.29, 0.717) is 18.7 Å². The third-order valence-electron chi connectivity index (χ3n) is 2.98. The Hall–Kier alpha value is -0.640. The molecule has 1 fully saturated rings. The van der Waals surface area contributed by atoms with Crippen molar-refractivity contribution in [2.24, 2.45) is 0 Å². The first-order chi connectivity index (χ1) is 6.99. The summed E-state index contributed by atoms with van der Waals surface area (Å²) in [4.78, 5) is 0. The number of likely N-dealkylation sites (tertiary alicyclic amines) is 1. The summed E-state index contributed by atoms with van der Waals surface area (Å²) in [5.41, 5.74) is 0.584. The predicted molar refractivity (Wildman–Crippen MR) is 58.1 cm³/mol. The molecule has 0 amide bonds. The van der Waals surface area contributed by atoms with Crippen LogP contribution in [0.25, 0.3) is 0 Å². The van der Waals surface area contributed by atoms with Crippen LogP contribution in [-0.2, 0) is 0 Å². The summed E-state index contributed by atoms with van der Waals surface area (Å²) in [5.74, 6) is -0.364. The zero-order valence-corrected chi connectivity index (χ0v) is 9.30. The predicted octanol–water partition coefficient (Wildman–Crippen LogP) is 2.91. The number of likely N-dealkylation sites (N-methyl/N-ethyl adjacent to an activating group) is 1. The van der Waals surface area contributed by atoms with Crippen LogP contribution >= 0.6 is 11.6 Å². The molecule has 1 aromatic carbocycles. The van der Waals surface area contributed by atoms with Crippen LogP contribution in [0, 0.1) is 11.0 Å². The fourth-order valence-corrected chi connectivity index (χ4v) is 2.35. The molecule has 0 aromatic heterocycles. The molecular weight excluding hydrogens is 217 g/mol. The van der Waals surface area contributed by atoms with E-state index < -0.39 is 0 Å². The molecule has 2 rings (SSSR count). The van der Waals surface area contributed by atoms with E-state index in [4.69, 9.17) is 11.6 Å². The zero-order valence-electron chi connectivity index (χ0n) is 8.54. The molecular formula is C11H13ClFNO. The number of nitrogens with zero attached hydrogens (tertiary/aromatic N) is 1. The lowest BCUT2D eigenvalue weighted by Crippen LogP contribution is -2.34. The van der Waals surface area contributed by atoms with E-state index in [2.05, 4.69) is 0 Å². The SMILES string of the molecule is C[N+]1([O-])CCC(c2cccc(Cl)c2F)C1. The molecule has 0 aliphatic carbocycles. The van der Waals surface area contributed by atoms with Crippen molar-refractivity contribution in [2.45, 2.75) is 12.3 Å². The molecule has 0 N–H and O–H groups in total. The molecule has 2 nitrogen and oxygen atoms in total. The number of benzene rings is 1. The molecule has 0 radical (unpaired) electrons. The molecule has 82 valence electrons. The summed E-state index contributed by atoms with van der Waals surface area (Å²) >= 11 is 5.71. The second-order valence-corrected chi connectivity index (χ2v) is 4.74. The van der Waals surface area contributed by atoms with E-state index >= 15 is 0 Å². The Morgan fingerprint density at radius 1 is 1.53 bits per heavy atom. The lowest BCUT2D eigenvalue weighted by Gasteiger charge is -2.33. The summed E-state index contributed by atoms with van der Waals surface area (Å²) < 4.78 is 13.4. The van der Waals surface area contributed by atoms with Gasteiger partial charge in [-0.3, -0.25) is 0 Å². The third kappa shape index (κ3) is 2.14. The Labute approximate surface area is 93.4 Å². The monoisotopic (exact) mass is 229 g/mol. The van der Waals surface area contributed by atoms with E-state index in [1.807, 2.05) is 0 Å². The fraction of sp³-hybridized carbons (Fsp3) is 0.455. The highest BCUT2D eigenvalue weighted by molar-refractivity contribution is 6.30. The minimum atomic E-state index is -0.369. The van der Waals surface area contributed by atoms with Crippen molar-refractivity contribution < 1.29 is 9.04 Å². The summed E-state index contributed by atoms with van der Waals surface area (Å²) in [5, 5.41) is 11.8. The topological polar surface area (TPSA) is 23.1 Å². The van der Waals surface area contributed by atoms with E-state index in [9.17, 15) is 9.60 Å². The normalized spacial score (nSPS) is 30.8. The maximum atomic E-state index is 13.7. The minimum absolute atomic E-state index is 0.00574. The standard InChI is InChI=1S/C11H13ClFNO/c1-14(15)6-5-8(7-14)9-3-2-4-10(12)11(9)13/h2-4,8H,5-7H2,1H3. The molecule has 0 bridgehead atoms. The van der Waals surface area contributed by atoms with Crippen molar-refractivity contribution in [3.8, 4) is 0 Å². The molecule has 1 aliphatic rings. The minimum Gasteiger partial charge on any atom is -0.633 e. The van der Waals surface area contributed by atoms with Gasteiger partial charge in [-0.15, -0.1) is 0 Å². The van der Waals surface area contributed by atoms with Crippen LogP contribution < -0.4 is 0 Å². The van der Waals surface area contributed by atoms with Gasteiger partial charge in [0.2, 0.25) is 0 Å². The van der Waals surface area contributed by atoms with Crippen LogP contribution in [0.1, 0.15) is 17.9 Å². The first-order valence-electron chi connectivity index (χ1n) is 4.99. The van der Waals surface area contributed by atoms with Gasteiger partial charge < -0.3 is 9.85 Å². The van der Waals surface area contributed by atoms with Crippen LogP contribution in [0.5, 0.6) is 0 Å². The second-order valence-electron chi connectivity index (χ2n) is 4.33. The van der Waals surface area contributed by atoms with Crippen LogP contribution in [0.4, 0.5) is 4.39 Å². The van der Waals surface area contributed by atoms with Crippen molar-refractivity contribution in [3.05, 3.63) is 39.8 Å². The van der Waals surface area contributed by atoms with Gasteiger partial charge in [-0.05, 0) is 11.6 Å². The van der Waals surface area contributed by atoms with E-state index in [0.717, 1.165) is 6.42 Å². The first kappa shape index (κ1) is 10.9. The Morgan fingerprint density at radius 3 is 2.87 bits per heavy atom. The van der Waals surface area contributed by atoms with Crippen molar-refractivity contribution in [2.75, 3.05) is 20.1 Å². The number of halogens is 2. The van der Waals surface area contributed by atoms with Crippen LogP contribution in [0.3, 0.4) is 0 Å². The smallest absolute Gasteiger partial charge is 0.145 e. The lowest BCUT2D eigenvalue weighted by atomic mass is 9.98. The van der Waals surface area contributed by atoms with Gasteiger partial charge in [0.25, 0.3) is 0 Å². The number of quaternary nitrogens is 1. The van der Waals surface area contributed by atoms with Crippen molar-refractivity contribution in [1.82, 2.24) is 0 Å². The van der Waals surface area contributed by atoms with Gasteiger partial charge in [0, 0.05) is 12.3 Å². The first-order valence-corrected chi connectivity index (χ1v) is 5.37. The van der Waals surface area contributed by atoms with E-state index in [1.54, 1.807) is 19.2 Å². The van der Waals surface area contributed by atoms with Gasteiger partial charge in [-0.1, -0.05) is 23.7 Å². The van der Waals surface area contributed by atoms with Gasteiger partial charge in [-0.2, -0.15) is 0 Å². The van der Waals surface area contributed by atoms with Gasteiger partial charge in [0.05, 0.1) is 25.2 Å². The quantitative estimate of drug-likeness (QED) is 0.536. The Bertz CT molecular complexity index is 381. The molecule has 2 atom stereocenters. The second kappa shape index (κ2) is 3.74. The average molecular weight is 230 g/mol. The van der Waals surface area contributed by atoms with Crippen LogP contribution in [0.15, 0.2) is 18.2 Å². The molecule has 4 heteroatoms. The number of hydrogen-bond acceptors (Lipinski definition) is 1. The number of rotatable bonds is 1. The molecule has 1 heterocycles. The Balaban J connectivity index is 2.28. The highest BCUT2D eigenvalue weighted by Crippen LogP contribution is 2.33.